The van der Waals surface area contributed by atoms with Gasteiger partial charge in [-0.3, -0.25) is 4.79 Å². The number of carbonyl (C=O) groups is 1. The SMILES string of the molecule is CNC(=O)c1c(N)nsc1NCCSCCCO. The van der Waals surface area contributed by atoms with Crippen LogP contribution in [0.1, 0.15) is 16.8 Å². The number of amides is 1. The summed E-state index contributed by atoms with van der Waals surface area (Å²) in [6.45, 7) is 0.967. The molecule has 5 N–H and O–H groups in total. The zero-order valence-electron chi connectivity index (χ0n) is 10.2. The van der Waals surface area contributed by atoms with E-state index in [0.717, 1.165) is 24.5 Å². The number of nitrogens with zero attached hydrogens (tertiary/aromatic N) is 1. The quantitative estimate of drug-likeness (QED) is 0.524. The molecule has 6 nitrogen and oxygen atoms in total. The van der Waals surface area contributed by atoms with Crippen LogP contribution in [-0.4, -0.2) is 47.1 Å². The number of rotatable bonds is 8. The Hall–Kier alpha value is -0.990. The molecule has 0 unspecified atom stereocenters. The van der Waals surface area contributed by atoms with E-state index in [1.807, 2.05) is 0 Å². The monoisotopic (exact) mass is 290 g/mol. The van der Waals surface area contributed by atoms with Crippen LogP contribution in [0.5, 0.6) is 0 Å². The highest BCUT2D eigenvalue weighted by Gasteiger charge is 2.17. The minimum absolute atomic E-state index is 0.225. The van der Waals surface area contributed by atoms with Gasteiger partial charge in [0.15, 0.2) is 5.82 Å². The van der Waals surface area contributed by atoms with Crippen LogP contribution >= 0.6 is 23.3 Å². The predicted octanol–water partition coefficient (Wildman–Crippen LogP) is 0.612. The Morgan fingerprint density at radius 3 is 3.00 bits per heavy atom. The fourth-order valence-corrected chi connectivity index (χ4v) is 2.79. The average Bonchev–Trinajstić information content (AvgIpc) is 2.74. The highest BCUT2D eigenvalue weighted by Crippen LogP contribution is 2.26. The largest absolute Gasteiger partial charge is 0.396 e. The summed E-state index contributed by atoms with van der Waals surface area (Å²) in [5.41, 5.74) is 6.07. The van der Waals surface area contributed by atoms with E-state index in [1.54, 1.807) is 18.8 Å². The molecule has 0 aliphatic carbocycles. The van der Waals surface area contributed by atoms with Gasteiger partial charge >= 0.3 is 0 Å². The van der Waals surface area contributed by atoms with Crippen molar-refractivity contribution in [3.8, 4) is 0 Å². The van der Waals surface area contributed by atoms with Crippen LogP contribution in [0.3, 0.4) is 0 Å². The van der Waals surface area contributed by atoms with Crippen LogP contribution in [0, 0.1) is 0 Å². The molecule has 0 aromatic carbocycles. The standard InChI is InChI=1S/C10H18N4O2S2/c1-12-9(16)7-8(11)14-18-10(7)13-3-6-17-5-2-4-15/h13,15H,2-6H2,1H3,(H2,11,14)(H,12,16). The lowest BCUT2D eigenvalue weighted by Crippen LogP contribution is -2.20. The minimum atomic E-state index is -0.225. The van der Waals surface area contributed by atoms with Crippen LogP contribution < -0.4 is 16.4 Å². The van der Waals surface area contributed by atoms with Crippen molar-refractivity contribution < 1.29 is 9.90 Å². The van der Waals surface area contributed by atoms with Crippen LogP contribution in [0.25, 0.3) is 0 Å². The van der Waals surface area contributed by atoms with Crippen molar-refractivity contribution in [2.45, 2.75) is 6.42 Å². The molecule has 0 spiro atoms. The normalized spacial score (nSPS) is 10.3. The van der Waals surface area contributed by atoms with Gasteiger partial charge in [-0.1, -0.05) is 0 Å². The summed E-state index contributed by atoms with van der Waals surface area (Å²) in [6.07, 6.45) is 0.807. The molecule has 0 bridgehead atoms. The van der Waals surface area contributed by atoms with Crippen LogP contribution in [0.2, 0.25) is 0 Å². The van der Waals surface area contributed by atoms with Crippen molar-refractivity contribution in [2.75, 3.05) is 42.8 Å². The van der Waals surface area contributed by atoms with E-state index in [9.17, 15) is 4.79 Å². The molecule has 0 saturated heterocycles. The van der Waals surface area contributed by atoms with E-state index in [1.165, 1.54) is 11.5 Å². The lowest BCUT2D eigenvalue weighted by molar-refractivity contribution is 0.0965. The smallest absolute Gasteiger partial charge is 0.257 e. The molecule has 0 atom stereocenters. The van der Waals surface area contributed by atoms with Crippen molar-refractivity contribution in [2.24, 2.45) is 0 Å². The highest BCUT2D eigenvalue weighted by atomic mass is 32.2. The Morgan fingerprint density at radius 1 is 1.56 bits per heavy atom. The number of aliphatic hydroxyl groups is 1. The maximum absolute atomic E-state index is 11.6. The number of hydrogen-bond acceptors (Lipinski definition) is 7. The molecule has 0 aliphatic rings. The number of carbonyl (C=O) groups excluding carboxylic acids is 1. The Kier molecular flexibility index (Phi) is 6.84. The third-order valence-electron chi connectivity index (χ3n) is 2.15. The molecular weight excluding hydrogens is 272 g/mol. The molecule has 0 saturated carbocycles. The van der Waals surface area contributed by atoms with Gasteiger partial charge in [-0.25, -0.2) is 0 Å². The number of nitrogen functional groups attached to an aromatic ring is 1. The summed E-state index contributed by atoms with van der Waals surface area (Å²) in [5, 5.41) is 15.0. The molecular formula is C10H18N4O2S2. The highest BCUT2D eigenvalue weighted by molar-refractivity contribution is 7.99. The number of aliphatic hydroxyl groups excluding tert-OH is 1. The summed E-state index contributed by atoms with van der Waals surface area (Å²) < 4.78 is 3.97. The molecule has 0 fully saturated rings. The fourth-order valence-electron chi connectivity index (χ4n) is 1.27. The molecule has 1 amide bonds. The van der Waals surface area contributed by atoms with Gasteiger partial charge < -0.3 is 21.5 Å². The lowest BCUT2D eigenvalue weighted by Gasteiger charge is -2.06. The van der Waals surface area contributed by atoms with Crippen LogP contribution in [-0.2, 0) is 0 Å². The Morgan fingerprint density at radius 2 is 2.33 bits per heavy atom. The fraction of sp³-hybridized carbons (Fsp3) is 0.600. The maximum Gasteiger partial charge on any atom is 0.257 e. The topological polar surface area (TPSA) is 100 Å². The molecule has 18 heavy (non-hydrogen) atoms. The first kappa shape index (κ1) is 15.1. The van der Waals surface area contributed by atoms with Crippen molar-refractivity contribution in [3.63, 3.8) is 0 Å². The van der Waals surface area contributed by atoms with Crippen molar-refractivity contribution in [1.29, 1.82) is 0 Å². The van der Waals surface area contributed by atoms with Crippen molar-refractivity contribution >= 4 is 40.0 Å². The average molecular weight is 290 g/mol. The minimum Gasteiger partial charge on any atom is -0.396 e. The second-order valence-corrected chi connectivity index (χ2v) is 5.47. The molecule has 1 heterocycles. The van der Waals surface area contributed by atoms with Gasteiger partial charge in [-0.15, -0.1) is 0 Å². The Bertz CT molecular complexity index is 384. The van der Waals surface area contributed by atoms with Crippen molar-refractivity contribution in [1.82, 2.24) is 9.69 Å². The van der Waals surface area contributed by atoms with E-state index >= 15 is 0 Å². The van der Waals surface area contributed by atoms with E-state index in [4.69, 9.17) is 10.8 Å². The van der Waals surface area contributed by atoms with Gasteiger partial charge in [0.05, 0.1) is 0 Å². The first-order valence-corrected chi connectivity index (χ1v) is 7.53. The van der Waals surface area contributed by atoms with E-state index in [-0.39, 0.29) is 18.3 Å². The van der Waals surface area contributed by atoms with Gasteiger partial charge in [0.2, 0.25) is 0 Å². The zero-order chi connectivity index (χ0) is 13.4. The molecule has 102 valence electrons. The van der Waals surface area contributed by atoms with E-state index in [0.29, 0.717) is 10.6 Å². The number of nitrogens with one attached hydrogen (secondary N) is 2. The summed E-state index contributed by atoms with van der Waals surface area (Å²) in [6, 6.07) is 0. The first-order chi connectivity index (χ1) is 8.70. The predicted molar refractivity (Wildman–Crippen MR) is 77.4 cm³/mol. The van der Waals surface area contributed by atoms with Gasteiger partial charge in [-0.2, -0.15) is 16.1 Å². The van der Waals surface area contributed by atoms with Gasteiger partial charge in [0.1, 0.15) is 10.6 Å². The Labute approximate surface area is 115 Å². The van der Waals surface area contributed by atoms with Crippen LogP contribution in [0.4, 0.5) is 10.8 Å². The number of thioether (sulfide) groups is 1. The summed E-state index contributed by atoms with van der Waals surface area (Å²) in [5.74, 6) is 1.88. The molecule has 1 aromatic heterocycles. The Balaban J connectivity index is 2.40. The molecule has 1 rings (SSSR count). The summed E-state index contributed by atoms with van der Waals surface area (Å²) >= 11 is 2.95. The summed E-state index contributed by atoms with van der Waals surface area (Å²) in [4.78, 5) is 11.6. The molecule has 0 radical (unpaired) electrons. The van der Waals surface area contributed by atoms with Crippen LogP contribution in [0.15, 0.2) is 0 Å². The third kappa shape index (κ3) is 4.35. The number of nitrogens with two attached hydrogens (primary N) is 1. The van der Waals surface area contributed by atoms with E-state index < -0.39 is 0 Å². The second kappa shape index (κ2) is 8.17. The third-order valence-corrected chi connectivity index (χ3v) is 4.04. The molecule has 8 heteroatoms. The number of hydrogen-bond donors (Lipinski definition) is 4. The summed E-state index contributed by atoms with van der Waals surface area (Å²) in [7, 11) is 1.56. The number of aromatic nitrogens is 1. The van der Waals surface area contributed by atoms with Gasteiger partial charge in [0.25, 0.3) is 5.91 Å². The second-order valence-electron chi connectivity index (χ2n) is 3.47. The van der Waals surface area contributed by atoms with Gasteiger partial charge in [-0.05, 0) is 23.7 Å². The van der Waals surface area contributed by atoms with Crippen molar-refractivity contribution in [3.05, 3.63) is 5.56 Å². The molecule has 1 aromatic rings. The maximum atomic E-state index is 11.6. The molecule has 0 aliphatic heterocycles. The van der Waals surface area contributed by atoms with Gasteiger partial charge in [0, 0.05) is 26.0 Å². The first-order valence-electron chi connectivity index (χ1n) is 5.60. The number of anilines is 2. The lowest BCUT2D eigenvalue weighted by atomic mass is 10.3. The van der Waals surface area contributed by atoms with E-state index in [2.05, 4.69) is 15.0 Å². The zero-order valence-corrected chi connectivity index (χ0v) is 11.9.